The zero-order valence-electron chi connectivity index (χ0n) is 10.1. The van der Waals surface area contributed by atoms with E-state index in [9.17, 15) is 8.42 Å². The van der Waals surface area contributed by atoms with Crippen LogP contribution in [0.4, 0.5) is 0 Å². The van der Waals surface area contributed by atoms with E-state index in [4.69, 9.17) is 4.52 Å². The third kappa shape index (κ3) is 3.29. The van der Waals surface area contributed by atoms with E-state index in [2.05, 4.69) is 5.16 Å². The lowest BCUT2D eigenvalue weighted by Gasteiger charge is -2.18. The van der Waals surface area contributed by atoms with Crippen molar-refractivity contribution >= 4 is 10.0 Å². The lowest BCUT2D eigenvalue weighted by atomic mass is 10.2. The van der Waals surface area contributed by atoms with Gasteiger partial charge in [-0.15, -0.1) is 0 Å². The van der Waals surface area contributed by atoms with E-state index >= 15 is 0 Å². The van der Waals surface area contributed by atoms with Crippen LogP contribution in [-0.2, 0) is 15.8 Å². The van der Waals surface area contributed by atoms with Crippen LogP contribution in [0.3, 0.4) is 0 Å². The van der Waals surface area contributed by atoms with Crippen LogP contribution in [0.25, 0.3) is 0 Å². The van der Waals surface area contributed by atoms with Crippen molar-refractivity contribution in [2.24, 2.45) is 0 Å². The maximum Gasteiger partial charge on any atom is 0.219 e. The van der Waals surface area contributed by atoms with Gasteiger partial charge in [-0.3, -0.25) is 0 Å². The molecule has 1 aromatic heterocycles. The Hall–Kier alpha value is -0.880. The van der Waals surface area contributed by atoms with Gasteiger partial charge in [0.25, 0.3) is 0 Å². The molecule has 2 heterocycles. The minimum atomic E-state index is -3.24. The van der Waals surface area contributed by atoms with Crippen molar-refractivity contribution in [2.45, 2.75) is 38.4 Å². The topological polar surface area (TPSA) is 63.4 Å². The second kappa shape index (κ2) is 5.18. The molecule has 1 fully saturated rings. The summed E-state index contributed by atoms with van der Waals surface area (Å²) < 4.78 is 30.8. The first kappa shape index (κ1) is 12.6. The second-order valence-corrected chi connectivity index (χ2v) is 6.47. The normalized spacial score (nSPS) is 19.1. The highest BCUT2D eigenvalue weighted by atomic mass is 32.2. The molecule has 0 bridgehead atoms. The van der Waals surface area contributed by atoms with Crippen LogP contribution in [0.2, 0.25) is 0 Å². The highest BCUT2D eigenvalue weighted by molar-refractivity contribution is 7.88. The van der Waals surface area contributed by atoms with E-state index in [1.807, 2.05) is 0 Å². The maximum atomic E-state index is 12.2. The van der Waals surface area contributed by atoms with Crippen LogP contribution in [0.5, 0.6) is 0 Å². The summed E-state index contributed by atoms with van der Waals surface area (Å²) in [4.78, 5) is 0. The monoisotopic (exact) mass is 258 g/mol. The Kier molecular flexibility index (Phi) is 3.83. The Labute approximate surface area is 102 Å². The molecule has 96 valence electrons. The van der Waals surface area contributed by atoms with E-state index < -0.39 is 10.0 Å². The highest BCUT2D eigenvalue weighted by Crippen LogP contribution is 2.16. The Morgan fingerprint density at radius 2 is 1.94 bits per heavy atom. The van der Waals surface area contributed by atoms with Gasteiger partial charge >= 0.3 is 0 Å². The van der Waals surface area contributed by atoms with Crippen molar-refractivity contribution in [1.82, 2.24) is 9.46 Å². The molecular weight excluding hydrogens is 240 g/mol. The Balaban J connectivity index is 2.07. The van der Waals surface area contributed by atoms with Crippen molar-refractivity contribution in [3.8, 4) is 0 Å². The molecule has 6 heteroatoms. The zero-order chi connectivity index (χ0) is 12.3. The van der Waals surface area contributed by atoms with Gasteiger partial charge in [-0.05, 0) is 19.8 Å². The van der Waals surface area contributed by atoms with Crippen molar-refractivity contribution in [1.29, 1.82) is 0 Å². The van der Waals surface area contributed by atoms with Crippen LogP contribution in [0.1, 0.15) is 37.1 Å². The fourth-order valence-electron chi connectivity index (χ4n) is 2.08. The summed E-state index contributed by atoms with van der Waals surface area (Å²) in [5.74, 6) is 0.593. The second-order valence-electron chi connectivity index (χ2n) is 4.50. The molecule has 1 aliphatic rings. The van der Waals surface area contributed by atoms with Crippen molar-refractivity contribution in [3.05, 3.63) is 17.5 Å². The van der Waals surface area contributed by atoms with Gasteiger partial charge in [-0.1, -0.05) is 18.0 Å². The summed E-state index contributed by atoms with van der Waals surface area (Å²) in [7, 11) is -3.24. The van der Waals surface area contributed by atoms with Gasteiger partial charge in [0, 0.05) is 19.2 Å². The number of aromatic nitrogens is 1. The van der Waals surface area contributed by atoms with E-state index in [-0.39, 0.29) is 5.75 Å². The van der Waals surface area contributed by atoms with E-state index in [1.165, 1.54) is 0 Å². The standard InChI is InChI=1S/C11H18N2O3S/c1-10-8-11(12-16-10)9-17(14,15)13-6-4-2-3-5-7-13/h8H,2-7,9H2,1H3. The first-order valence-electron chi connectivity index (χ1n) is 5.98. The van der Waals surface area contributed by atoms with Gasteiger partial charge in [-0.25, -0.2) is 12.7 Å². The Bertz CT molecular complexity index is 459. The van der Waals surface area contributed by atoms with Crippen LogP contribution in [0.15, 0.2) is 10.6 Å². The van der Waals surface area contributed by atoms with Gasteiger partial charge in [-0.2, -0.15) is 0 Å². The Morgan fingerprint density at radius 1 is 1.29 bits per heavy atom. The molecule has 0 aromatic carbocycles. The summed E-state index contributed by atoms with van der Waals surface area (Å²) in [5, 5.41) is 3.74. The number of sulfonamides is 1. The lowest BCUT2D eigenvalue weighted by Crippen LogP contribution is -2.33. The maximum absolute atomic E-state index is 12.2. The number of aryl methyl sites for hydroxylation is 1. The predicted octanol–water partition coefficient (Wildman–Crippen LogP) is 1.69. The van der Waals surface area contributed by atoms with Gasteiger partial charge in [0.2, 0.25) is 10.0 Å². The van der Waals surface area contributed by atoms with Crippen LogP contribution in [-0.4, -0.2) is 31.0 Å². The number of rotatable bonds is 3. The molecule has 1 aliphatic heterocycles. The molecule has 0 spiro atoms. The summed E-state index contributed by atoms with van der Waals surface area (Å²) in [5.41, 5.74) is 0.492. The van der Waals surface area contributed by atoms with Crippen molar-refractivity contribution in [2.75, 3.05) is 13.1 Å². The molecule has 0 radical (unpaired) electrons. The molecule has 1 saturated heterocycles. The quantitative estimate of drug-likeness (QED) is 0.827. The molecular formula is C11H18N2O3S. The number of hydrogen-bond acceptors (Lipinski definition) is 4. The zero-order valence-corrected chi connectivity index (χ0v) is 10.9. The van der Waals surface area contributed by atoms with E-state index in [0.29, 0.717) is 24.5 Å². The summed E-state index contributed by atoms with van der Waals surface area (Å²) in [6.07, 6.45) is 4.15. The summed E-state index contributed by atoms with van der Waals surface area (Å²) in [6.45, 7) is 3.04. The Morgan fingerprint density at radius 3 is 2.47 bits per heavy atom. The van der Waals surface area contributed by atoms with Crippen LogP contribution < -0.4 is 0 Å². The molecule has 2 rings (SSSR count). The fraction of sp³-hybridized carbons (Fsp3) is 0.727. The molecule has 0 N–H and O–H groups in total. The van der Waals surface area contributed by atoms with Gasteiger partial charge < -0.3 is 4.52 Å². The summed E-state index contributed by atoms with van der Waals surface area (Å²) >= 11 is 0. The average Bonchev–Trinajstić information content (AvgIpc) is 2.56. The SMILES string of the molecule is Cc1cc(CS(=O)(=O)N2CCCCCC2)no1. The predicted molar refractivity (Wildman–Crippen MR) is 63.9 cm³/mol. The van der Waals surface area contributed by atoms with Crippen molar-refractivity contribution in [3.63, 3.8) is 0 Å². The number of hydrogen-bond donors (Lipinski definition) is 0. The van der Waals surface area contributed by atoms with Crippen LogP contribution >= 0.6 is 0 Å². The molecule has 0 aliphatic carbocycles. The molecule has 17 heavy (non-hydrogen) atoms. The molecule has 0 atom stereocenters. The van der Waals surface area contributed by atoms with Gasteiger partial charge in [0.15, 0.2) is 0 Å². The third-order valence-electron chi connectivity index (χ3n) is 2.97. The van der Waals surface area contributed by atoms with Gasteiger partial charge in [0.05, 0.1) is 0 Å². The highest BCUT2D eigenvalue weighted by Gasteiger charge is 2.24. The molecule has 0 amide bonds. The van der Waals surface area contributed by atoms with E-state index in [1.54, 1.807) is 17.3 Å². The molecule has 0 unspecified atom stereocenters. The average molecular weight is 258 g/mol. The first-order valence-corrected chi connectivity index (χ1v) is 7.59. The largest absolute Gasteiger partial charge is 0.361 e. The molecule has 5 nitrogen and oxygen atoms in total. The third-order valence-corrected chi connectivity index (χ3v) is 4.78. The van der Waals surface area contributed by atoms with E-state index in [0.717, 1.165) is 25.7 Å². The minimum Gasteiger partial charge on any atom is -0.361 e. The molecule has 0 saturated carbocycles. The van der Waals surface area contributed by atoms with Crippen LogP contribution in [0, 0.1) is 6.92 Å². The van der Waals surface area contributed by atoms with Gasteiger partial charge in [0.1, 0.15) is 17.2 Å². The molecule has 1 aromatic rings. The fourth-order valence-corrected chi connectivity index (χ4v) is 3.59. The lowest BCUT2D eigenvalue weighted by molar-refractivity contribution is 0.389. The minimum absolute atomic E-state index is 0.0513. The van der Waals surface area contributed by atoms with Crippen molar-refractivity contribution < 1.29 is 12.9 Å². The summed E-state index contributed by atoms with van der Waals surface area (Å²) in [6, 6.07) is 1.68. The number of nitrogens with zero attached hydrogens (tertiary/aromatic N) is 2. The first-order chi connectivity index (χ1) is 8.08. The smallest absolute Gasteiger partial charge is 0.219 e.